The van der Waals surface area contributed by atoms with E-state index in [0.717, 1.165) is 17.9 Å². The average molecular weight is 270 g/mol. The number of aryl methyl sites for hydroxylation is 3. The van der Waals surface area contributed by atoms with Gasteiger partial charge >= 0.3 is 0 Å². The molecule has 2 aromatic rings. The average Bonchev–Trinajstić information content (AvgIpc) is 2.87. The topological polar surface area (TPSA) is 38.9 Å². The third-order valence-electron chi connectivity index (χ3n) is 3.55. The third-order valence-corrected chi connectivity index (χ3v) is 4.60. The molecular formula is C16H18N2S. The van der Waals surface area contributed by atoms with E-state index in [-0.39, 0.29) is 0 Å². The minimum Gasteiger partial charge on any atom is -0.326 e. The van der Waals surface area contributed by atoms with Crippen LogP contribution in [0.15, 0.2) is 40.3 Å². The molecule has 0 radical (unpaired) electrons. The van der Waals surface area contributed by atoms with Crippen LogP contribution in [0.3, 0.4) is 0 Å². The molecule has 1 heterocycles. The Hall–Kier alpha value is -1.32. The molecule has 3 rings (SSSR count). The van der Waals surface area contributed by atoms with Gasteiger partial charge in [0.2, 0.25) is 0 Å². The van der Waals surface area contributed by atoms with Crippen LogP contribution in [0.4, 0.5) is 0 Å². The molecule has 0 amide bonds. The fraction of sp³-hybridized carbons (Fsp3) is 0.312. The maximum atomic E-state index is 5.87. The molecule has 0 saturated carbocycles. The number of hydrogen-bond donors (Lipinski definition) is 1. The first-order valence-corrected chi connectivity index (χ1v) is 7.54. The van der Waals surface area contributed by atoms with E-state index >= 15 is 0 Å². The molecule has 0 atom stereocenters. The molecule has 0 saturated heterocycles. The SMILES string of the molecule is Cc1ccc(Sc2nc3c(cc2CN)CCC3)cc1. The van der Waals surface area contributed by atoms with E-state index in [2.05, 4.69) is 37.3 Å². The van der Waals surface area contributed by atoms with Crippen LogP contribution in [0.25, 0.3) is 0 Å². The quantitative estimate of drug-likeness (QED) is 0.928. The molecule has 1 aliphatic rings. The molecule has 1 aromatic carbocycles. The van der Waals surface area contributed by atoms with Crippen molar-refractivity contribution in [2.24, 2.45) is 5.73 Å². The zero-order valence-corrected chi connectivity index (χ0v) is 12.0. The highest BCUT2D eigenvalue weighted by Crippen LogP contribution is 2.32. The Morgan fingerprint density at radius 3 is 2.74 bits per heavy atom. The Bertz CT molecular complexity index is 590. The number of pyridine rings is 1. The van der Waals surface area contributed by atoms with Crippen LogP contribution in [0.1, 0.15) is 28.8 Å². The Morgan fingerprint density at radius 2 is 2.00 bits per heavy atom. The molecule has 3 heteroatoms. The summed E-state index contributed by atoms with van der Waals surface area (Å²) in [6, 6.07) is 10.8. The molecule has 19 heavy (non-hydrogen) atoms. The highest BCUT2D eigenvalue weighted by molar-refractivity contribution is 7.99. The highest BCUT2D eigenvalue weighted by Gasteiger charge is 2.16. The van der Waals surface area contributed by atoms with Crippen molar-refractivity contribution in [2.45, 2.75) is 42.7 Å². The summed E-state index contributed by atoms with van der Waals surface area (Å²) in [6.07, 6.45) is 3.50. The second-order valence-electron chi connectivity index (χ2n) is 5.03. The van der Waals surface area contributed by atoms with Crippen molar-refractivity contribution < 1.29 is 0 Å². The number of nitrogens with zero attached hydrogens (tertiary/aromatic N) is 1. The molecule has 2 N–H and O–H groups in total. The van der Waals surface area contributed by atoms with Crippen LogP contribution in [-0.2, 0) is 19.4 Å². The first kappa shape index (κ1) is 12.7. The summed E-state index contributed by atoms with van der Waals surface area (Å²) in [4.78, 5) is 6.05. The van der Waals surface area contributed by atoms with Crippen molar-refractivity contribution in [2.75, 3.05) is 0 Å². The molecule has 0 aliphatic heterocycles. The molecule has 1 aromatic heterocycles. The fourth-order valence-corrected chi connectivity index (χ4v) is 3.38. The van der Waals surface area contributed by atoms with Crippen molar-refractivity contribution in [3.63, 3.8) is 0 Å². The number of hydrogen-bond acceptors (Lipinski definition) is 3. The highest BCUT2D eigenvalue weighted by atomic mass is 32.2. The predicted molar refractivity (Wildman–Crippen MR) is 79.5 cm³/mol. The summed E-state index contributed by atoms with van der Waals surface area (Å²) in [5.74, 6) is 0. The van der Waals surface area contributed by atoms with E-state index in [1.54, 1.807) is 11.8 Å². The molecular weight excluding hydrogens is 252 g/mol. The normalized spacial score (nSPS) is 13.6. The molecule has 0 fully saturated rings. The van der Waals surface area contributed by atoms with Crippen molar-refractivity contribution in [3.05, 3.63) is 52.7 Å². The molecule has 2 nitrogen and oxygen atoms in total. The minimum absolute atomic E-state index is 0.564. The second-order valence-corrected chi connectivity index (χ2v) is 6.09. The van der Waals surface area contributed by atoms with Gasteiger partial charge in [-0.15, -0.1) is 0 Å². The second kappa shape index (κ2) is 5.35. The summed E-state index contributed by atoms with van der Waals surface area (Å²) in [5.41, 5.74) is 11.0. The van der Waals surface area contributed by atoms with Crippen molar-refractivity contribution in [1.82, 2.24) is 4.98 Å². The minimum atomic E-state index is 0.564. The van der Waals surface area contributed by atoms with E-state index in [9.17, 15) is 0 Å². The zero-order chi connectivity index (χ0) is 13.2. The number of aromatic nitrogens is 1. The van der Waals surface area contributed by atoms with E-state index in [1.807, 2.05) is 0 Å². The van der Waals surface area contributed by atoms with Crippen molar-refractivity contribution in [1.29, 1.82) is 0 Å². The lowest BCUT2D eigenvalue weighted by molar-refractivity contribution is 0.884. The van der Waals surface area contributed by atoms with Crippen molar-refractivity contribution >= 4 is 11.8 Å². The molecule has 98 valence electrons. The smallest absolute Gasteiger partial charge is 0.106 e. The van der Waals surface area contributed by atoms with E-state index < -0.39 is 0 Å². The molecule has 1 aliphatic carbocycles. The molecule has 0 spiro atoms. The monoisotopic (exact) mass is 270 g/mol. The van der Waals surface area contributed by atoms with Gasteiger partial charge in [0, 0.05) is 17.1 Å². The Morgan fingerprint density at radius 1 is 1.21 bits per heavy atom. The van der Waals surface area contributed by atoms with Gasteiger partial charge in [-0.3, -0.25) is 0 Å². The van der Waals surface area contributed by atoms with Crippen LogP contribution >= 0.6 is 11.8 Å². The lowest BCUT2D eigenvalue weighted by atomic mass is 10.1. The largest absolute Gasteiger partial charge is 0.326 e. The van der Waals surface area contributed by atoms with Gasteiger partial charge < -0.3 is 5.73 Å². The zero-order valence-electron chi connectivity index (χ0n) is 11.1. The number of rotatable bonds is 3. The van der Waals surface area contributed by atoms with Crippen molar-refractivity contribution in [3.8, 4) is 0 Å². The summed E-state index contributed by atoms with van der Waals surface area (Å²) in [5, 5.41) is 1.08. The van der Waals surface area contributed by atoms with Gasteiger partial charge in [0.25, 0.3) is 0 Å². The Labute approximate surface area is 118 Å². The predicted octanol–water partition coefficient (Wildman–Crippen LogP) is 3.49. The maximum absolute atomic E-state index is 5.87. The third kappa shape index (κ3) is 2.67. The lowest BCUT2D eigenvalue weighted by Gasteiger charge is -2.10. The first-order chi connectivity index (χ1) is 9.26. The first-order valence-electron chi connectivity index (χ1n) is 6.72. The van der Waals surface area contributed by atoms with Gasteiger partial charge in [0.15, 0.2) is 0 Å². The molecule has 0 bridgehead atoms. The summed E-state index contributed by atoms with van der Waals surface area (Å²) in [7, 11) is 0. The van der Waals surface area contributed by atoms with Gasteiger partial charge in [0.05, 0.1) is 0 Å². The van der Waals surface area contributed by atoms with E-state index in [1.165, 1.54) is 33.7 Å². The fourth-order valence-electron chi connectivity index (χ4n) is 2.45. The van der Waals surface area contributed by atoms with Gasteiger partial charge in [-0.05, 0) is 49.4 Å². The van der Waals surface area contributed by atoms with E-state index in [0.29, 0.717) is 6.54 Å². The number of benzene rings is 1. The van der Waals surface area contributed by atoms with Crippen LogP contribution in [0.2, 0.25) is 0 Å². The lowest BCUT2D eigenvalue weighted by Crippen LogP contribution is -2.03. The Kier molecular flexibility index (Phi) is 3.58. The Balaban J connectivity index is 1.93. The van der Waals surface area contributed by atoms with Gasteiger partial charge in [-0.1, -0.05) is 35.5 Å². The molecule has 0 unspecified atom stereocenters. The summed E-state index contributed by atoms with van der Waals surface area (Å²) >= 11 is 1.72. The van der Waals surface area contributed by atoms with Gasteiger partial charge in [-0.2, -0.15) is 0 Å². The van der Waals surface area contributed by atoms with E-state index in [4.69, 9.17) is 10.7 Å². The summed E-state index contributed by atoms with van der Waals surface area (Å²) < 4.78 is 0. The number of nitrogens with two attached hydrogens (primary N) is 1. The summed E-state index contributed by atoms with van der Waals surface area (Å²) in [6.45, 7) is 2.67. The van der Waals surface area contributed by atoms with Crippen LogP contribution < -0.4 is 5.73 Å². The van der Waals surface area contributed by atoms with Gasteiger partial charge in [-0.25, -0.2) is 4.98 Å². The van der Waals surface area contributed by atoms with Gasteiger partial charge in [0.1, 0.15) is 5.03 Å². The number of fused-ring (bicyclic) bond motifs is 1. The standard InChI is InChI=1S/C16H18N2S/c1-11-5-7-14(8-6-11)19-16-13(10-17)9-12-3-2-4-15(12)18-16/h5-9H,2-4,10,17H2,1H3. The van der Waals surface area contributed by atoms with Crippen LogP contribution in [0, 0.1) is 6.92 Å². The van der Waals surface area contributed by atoms with Crippen LogP contribution in [0.5, 0.6) is 0 Å². The van der Waals surface area contributed by atoms with Crippen LogP contribution in [-0.4, -0.2) is 4.98 Å². The maximum Gasteiger partial charge on any atom is 0.106 e.